The minimum absolute atomic E-state index is 0. The topological polar surface area (TPSA) is 23.6 Å². The molecule has 1 unspecified atom stereocenters. The molecule has 1 amide bonds. The smallest absolute Gasteiger partial charge is 0.227 e. The average molecular weight is 417 g/mol. The van der Waals surface area contributed by atoms with E-state index in [9.17, 15) is 4.79 Å². The first-order valence-corrected chi connectivity index (χ1v) is 11.3. The normalized spacial score (nSPS) is 21.3. The summed E-state index contributed by atoms with van der Waals surface area (Å²) in [6.45, 7) is 4.24. The Morgan fingerprint density at radius 2 is 1.82 bits per heavy atom. The molecule has 0 spiro atoms. The van der Waals surface area contributed by atoms with Gasteiger partial charge in [-0.3, -0.25) is 4.79 Å². The highest BCUT2D eigenvalue weighted by molar-refractivity contribution is 7.10. The molecule has 0 saturated carbocycles. The Hall–Kier alpha value is -1.36. The third-order valence-corrected chi connectivity index (χ3v) is 7.56. The number of aryl methyl sites for hydroxylation is 2. The SMILES string of the molecule is Cl.O=C(Cc1ccc2c(c1)CCC2)N1CCc2sccc2C1CN1CCCC1. The van der Waals surface area contributed by atoms with E-state index in [0.29, 0.717) is 12.3 Å². The molecule has 1 aromatic carbocycles. The van der Waals surface area contributed by atoms with Crippen molar-refractivity contribution in [2.45, 2.75) is 51.0 Å². The van der Waals surface area contributed by atoms with E-state index in [-0.39, 0.29) is 18.4 Å². The van der Waals surface area contributed by atoms with Crippen LogP contribution in [0.2, 0.25) is 0 Å². The Balaban J connectivity index is 0.00000192. The Kier molecular flexibility index (Phi) is 6.10. The molecule has 5 rings (SSSR count). The summed E-state index contributed by atoms with van der Waals surface area (Å²) in [5.74, 6) is 0.300. The molecule has 28 heavy (non-hydrogen) atoms. The number of nitrogens with zero attached hydrogens (tertiary/aromatic N) is 2. The van der Waals surface area contributed by atoms with Gasteiger partial charge < -0.3 is 9.80 Å². The number of carbonyl (C=O) groups excluding carboxylic acids is 1. The van der Waals surface area contributed by atoms with Crippen molar-refractivity contribution in [2.75, 3.05) is 26.2 Å². The van der Waals surface area contributed by atoms with E-state index in [1.54, 1.807) is 0 Å². The fourth-order valence-electron chi connectivity index (χ4n) is 5.11. The van der Waals surface area contributed by atoms with Gasteiger partial charge in [0.1, 0.15) is 0 Å². The van der Waals surface area contributed by atoms with Crippen LogP contribution in [0.1, 0.15) is 52.4 Å². The highest BCUT2D eigenvalue weighted by atomic mass is 35.5. The molecule has 3 nitrogen and oxygen atoms in total. The summed E-state index contributed by atoms with van der Waals surface area (Å²) in [5, 5.41) is 2.20. The summed E-state index contributed by atoms with van der Waals surface area (Å²) in [6, 6.07) is 9.21. The second-order valence-corrected chi connectivity index (χ2v) is 9.29. The van der Waals surface area contributed by atoms with Crippen LogP contribution in [0.3, 0.4) is 0 Å². The summed E-state index contributed by atoms with van der Waals surface area (Å²) < 4.78 is 0. The van der Waals surface area contributed by atoms with Crippen LogP contribution in [0, 0.1) is 0 Å². The highest BCUT2D eigenvalue weighted by Crippen LogP contribution is 2.35. The minimum atomic E-state index is 0. The maximum atomic E-state index is 13.3. The highest BCUT2D eigenvalue weighted by Gasteiger charge is 2.33. The number of hydrogen-bond acceptors (Lipinski definition) is 3. The molecule has 1 fully saturated rings. The number of benzene rings is 1. The molecule has 1 aliphatic carbocycles. The van der Waals surface area contributed by atoms with E-state index in [1.165, 1.54) is 72.3 Å². The van der Waals surface area contributed by atoms with Gasteiger partial charge in [-0.25, -0.2) is 0 Å². The zero-order valence-corrected chi connectivity index (χ0v) is 18.0. The van der Waals surface area contributed by atoms with Crippen molar-refractivity contribution in [1.29, 1.82) is 0 Å². The summed E-state index contributed by atoms with van der Waals surface area (Å²) >= 11 is 1.86. The lowest BCUT2D eigenvalue weighted by Gasteiger charge is -2.38. The van der Waals surface area contributed by atoms with Crippen LogP contribution in [0.25, 0.3) is 0 Å². The molecule has 0 bridgehead atoms. The lowest BCUT2D eigenvalue weighted by Crippen LogP contribution is -2.45. The lowest BCUT2D eigenvalue weighted by molar-refractivity contribution is -0.133. The zero-order valence-electron chi connectivity index (χ0n) is 16.4. The number of thiophene rings is 1. The molecule has 1 saturated heterocycles. The Labute approximate surface area is 178 Å². The predicted molar refractivity (Wildman–Crippen MR) is 118 cm³/mol. The first kappa shape index (κ1) is 19.9. The van der Waals surface area contributed by atoms with Crippen molar-refractivity contribution in [3.63, 3.8) is 0 Å². The van der Waals surface area contributed by atoms with Gasteiger partial charge in [-0.1, -0.05) is 18.2 Å². The Morgan fingerprint density at radius 1 is 1.00 bits per heavy atom. The molecule has 150 valence electrons. The van der Waals surface area contributed by atoms with Gasteiger partial charge in [0.25, 0.3) is 0 Å². The van der Waals surface area contributed by atoms with E-state index in [1.807, 2.05) is 11.3 Å². The second-order valence-electron chi connectivity index (χ2n) is 8.29. The van der Waals surface area contributed by atoms with Crippen LogP contribution in [0.5, 0.6) is 0 Å². The second kappa shape index (κ2) is 8.56. The van der Waals surface area contributed by atoms with E-state index in [0.717, 1.165) is 19.5 Å². The number of halogens is 1. The molecule has 1 atom stereocenters. The van der Waals surface area contributed by atoms with Crippen LogP contribution in [-0.4, -0.2) is 41.9 Å². The number of fused-ring (bicyclic) bond motifs is 2. The first-order valence-electron chi connectivity index (χ1n) is 10.5. The van der Waals surface area contributed by atoms with E-state index in [2.05, 4.69) is 39.4 Å². The molecular formula is C23H29ClN2OS. The van der Waals surface area contributed by atoms with Crippen molar-refractivity contribution in [2.24, 2.45) is 0 Å². The number of carbonyl (C=O) groups is 1. The quantitative estimate of drug-likeness (QED) is 0.736. The first-order chi connectivity index (χ1) is 13.3. The van der Waals surface area contributed by atoms with Crippen LogP contribution in [0.15, 0.2) is 29.6 Å². The third kappa shape index (κ3) is 3.87. The van der Waals surface area contributed by atoms with Gasteiger partial charge in [0.2, 0.25) is 5.91 Å². The molecule has 0 radical (unpaired) electrons. The summed E-state index contributed by atoms with van der Waals surface area (Å²) in [4.78, 5) is 19.5. The molecule has 0 N–H and O–H groups in total. The monoisotopic (exact) mass is 416 g/mol. The molecule has 3 aliphatic rings. The van der Waals surface area contributed by atoms with E-state index in [4.69, 9.17) is 0 Å². The average Bonchev–Trinajstić information content (AvgIpc) is 3.42. The number of rotatable bonds is 4. The molecule has 3 heterocycles. The number of amides is 1. The van der Waals surface area contributed by atoms with Crippen LogP contribution < -0.4 is 0 Å². The zero-order chi connectivity index (χ0) is 18.2. The Morgan fingerprint density at radius 3 is 2.68 bits per heavy atom. The molecule has 2 aliphatic heterocycles. The minimum Gasteiger partial charge on any atom is -0.334 e. The fourth-order valence-corrected chi connectivity index (χ4v) is 6.04. The van der Waals surface area contributed by atoms with Gasteiger partial charge in [0.05, 0.1) is 12.5 Å². The predicted octanol–water partition coefficient (Wildman–Crippen LogP) is 4.42. The van der Waals surface area contributed by atoms with Gasteiger partial charge >= 0.3 is 0 Å². The van der Waals surface area contributed by atoms with Gasteiger partial charge in [0, 0.05) is 18.0 Å². The van der Waals surface area contributed by atoms with Gasteiger partial charge in [0.15, 0.2) is 0 Å². The number of likely N-dealkylation sites (tertiary alicyclic amines) is 1. The molecular weight excluding hydrogens is 388 g/mol. The largest absolute Gasteiger partial charge is 0.334 e. The molecule has 1 aromatic heterocycles. The van der Waals surface area contributed by atoms with Crippen LogP contribution in [-0.2, 0) is 30.5 Å². The van der Waals surface area contributed by atoms with Crippen molar-refractivity contribution >= 4 is 29.7 Å². The summed E-state index contributed by atoms with van der Waals surface area (Å²) in [5.41, 5.74) is 5.55. The van der Waals surface area contributed by atoms with Crippen molar-refractivity contribution in [3.8, 4) is 0 Å². The third-order valence-electron chi connectivity index (χ3n) is 6.56. The van der Waals surface area contributed by atoms with E-state index < -0.39 is 0 Å². The standard InChI is InChI=1S/C23H28N2OS.ClH/c26-23(15-17-6-7-18-4-3-5-19(18)14-17)25-12-8-22-20(9-13-27-22)21(25)16-24-10-1-2-11-24;/h6-7,9,13-14,21H,1-5,8,10-12,15-16H2;1H. The van der Waals surface area contributed by atoms with Gasteiger partial charge in [-0.05, 0) is 85.3 Å². The van der Waals surface area contributed by atoms with Gasteiger partial charge in [-0.15, -0.1) is 23.7 Å². The van der Waals surface area contributed by atoms with Crippen molar-refractivity contribution in [3.05, 3.63) is 56.8 Å². The van der Waals surface area contributed by atoms with Gasteiger partial charge in [-0.2, -0.15) is 0 Å². The van der Waals surface area contributed by atoms with E-state index >= 15 is 0 Å². The van der Waals surface area contributed by atoms with Crippen molar-refractivity contribution in [1.82, 2.24) is 9.80 Å². The van der Waals surface area contributed by atoms with Crippen LogP contribution in [0.4, 0.5) is 0 Å². The maximum absolute atomic E-state index is 13.3. The fraction of sp³-hybridized carbons (Fsp3) is 0.522. The summed E-state index contributed by atoms with van der Waals surface area (Å²) in [6.07, 6.45) is 7.80. The summed E-state index contributed by atoms with van der Waals surface area (Å²) in [7, 11) is 0. The van der Waals surface area contributed by atoms with Crippen molar-refractivity contribution < 1.29 is 4.79 Å². The Bertz CT molecular complexity index is 843. The lowest BCUT2D eigenvalue weighted by atomic mass is 9.97. The maximum Gasteiger partial charge on any atom is 0.227 e. The molecule has 5 heteroatoms. The van der Waals surface area contributed by atoms with Crippen LogP contribution >= 0.6 is 23.7 Å². The molecule has 2 aromatic rings. The number of hydrogen-bond donors (Lipinski definition) is 0.